The fourth-order valence-electron chi connectivity index (χ4n) is 2.35. The standard InChI is InChI=1S/C17H20N2O/c1-12-9-13(2)11-14(10-12)17(3,16(18)20)19-15-7-5-4-6-8-15/h4-11,19H,1-3H3,(H2,18,20). The third kappa shape index (κ3) is 2.82. The Balaban J connectivity index is 2.46. The van der Waals surface area contributed by atoms with Crippen LogP contribution in [0.15, 0.2) is 48.5 Å². The second-order valence-corrected chi connectivity index (χ2v) is 5.36. The molecule has 20 heavy (non-hydrogen) atoms. The van der Waals surface area contributed by atoms with E-state index < -0.39 is 11.4 Å². The van der Waals surface area contributed by atoms with Crippen molar-refractivity contribution < 1.29 is 4.79 Å². The number of benzene rings is 2. The SMILES string of the molecule is Cc1cc(C)cc(C(C)(Nc2ccccc2)C(N)=O)c1. The van der Waals surface area contributed by atoms with Crippen LogP contribution in [0.25, 0.3) is 0 Å². The fourth-order valence-corrected chi connectivity index (χ4v) is 2.35. The Bertz CT molecular complexity index is 602. The molecule has 3 heteroatoms. The first-order chi connectivity index (χ1) is 9.41. The lowest BCUT2D eigenvalue weighted by Crippen LogP contribution is -2.45. The normalized spacial score (nSPS) is 13.6. The highest BCUT2D eigenvalue weighted by molar-refractivity contribution is 5.89. The number of rotatable bonds is 4. The Morgan fingerprint density at radius 3 is 2.10 bits per heavy atom. The predicted octanol–water partition coefficient (Wildman–Crippen LogP) is 3.12. The van der Waals surface area contributed by atoms with E-state index in [4.69, 9.17) is 5.73 Å². The topological polar surface area (TPSA) is 55.1 Å². The maximum Gasteiger partial charge on any atom is 0.247 e. The minimum atomic E-state index is -0.932. The summed E-state index contributed by atoms with van der Waals surface area (Å²) in [7, 11) is 0. The molecule has 104 valence electrons. The van der Waals surface area contributed by atoms with Gasteiger partial charge in [-0.2, -0.15) is 0 Å². The van der Waals surface area contributed by atoms with E-state index in [0.29, 0.717) is 0 Å². The van der Waals surface area contributed by atoms with Crippen molar-refractivity contribution in [1.29, 1.82) is 0 Å². The van der Waals surface area contributed by atoms with Crippen LogP contribution >= 0.6 is 0 Å². The van der Waals surface area contributed by atoms with Crippen LogP contribution in [0.1, 0.15) is 23.6 Å². The molecule has 0 saturated carbocycles. The van der Waals surface area contributed by atoms with Crippen molar-refractivity contribution in [2.24, 2.45) is 5.73 Å². The van der Waals surface area contributed by atoms with E-state index in [9.17, 15) is 4.79 Å². The Morgan fingerprint density at radius 1 is 1.05 bits per heavy atom. The average molecular weight is 268 g/mol. The summed E-state index contributed by atoms with van der Waals surface area (Å²) in [5, 5.41) is 3.25. The molecule has 0 aromatic heterocycles. The number of para-hydroxylation sites is 1. The van der Waals surface area contributed by atoms with Gasteiger partial charge in [0.25, 0.3) is 0 Å². The molecule has 0 spiro atoms. The summed E-state index contributed by atoms with van der Waals surface area (Å²) in [6.07, 6.45) is 0. The van der Waals surface area contributed by atoms with Gasteiger partial charge < -0.3 is 11.1 Å². The van der Waals surface area contributed by atoms with Gasteiger partial charge in [0.2, 0.25) is 5.91 Å². The van der Waals surface area contributed by atoms with E-state index in [1.165, 1.54) is 0 Å². The Kier molecular flexibility index (Phi) is 3.79. The predicted molar refractivity (Wildman–Crippen MR) is 82.5 cm³/mol. The van der Waals surface area contributed by atoms with E-state index >= 15 is 0 Å². The maximum absolute atomic E-state index is 12.0. The molecule has 0 aliphatic carbocycles. The van der Waals surface area contributed by atoms with Crippen LogP contribution in [0.2, 0.25) is 0 Å². The quantitative estimate of drug-likeness (QED) is 0.895. The maximum atomic E-state index is 12.0. The van der Waals surface area contributed by atoms with Crippen LogP contribution in [-0.4, -0.2) is 5.91 Å². The molecule has 2 rings (SSSR count). The van der Waals surface area contributed by atoms with Gasteiger partial charge in [0.05, 0.1) is 0 Å². The second-order valence-electron chi connectivity index (χ2n) is 5.36. The number of anilines is 1. The summed E-state index contributed by atoms with van der Waals surface area (Å²) in [5.74, 6) is -0.397. The summed E-state index contributed by atoms with van der Waals surface area (Å²) >= 11 is 0. The largest absolute Gasteiger partial charge is 0.368 e. The van der Waals surface area contributed by atoms with Gasteiger partial charge in [0.1, 0.15) is 5.54 Å². The molecule has 2 aromatic carbocycles. The summed E-state index contributed by atoms with van der Waals surface area (Å²) in [5.41, 5.74) is 8.69. The lowest BCUT2D eigenvalue weighted by Gasteiger charge is -2.30. The van der Waals surface area contributed by atoms with Crippen LogP contribution in [0.3, 0.4) is 0 Å². The number of hydrogen-bond acceptors (Lipinski definition) is 2. The van der Waals surface area contributed by atoms with Crippen molar-refractivity contribution in [3.05, 3.63) is 65.2 Å². The highest BCUT2D eigenvalue weighted by atomic mass is 16.1. The van der Waals surface area contributed by atoms with Gasteiger partial charge in [-0.3, -0.25) is 4.79 Å². The average Bonchev–Trinajstić information content (AvgIpc) is 2.38. The summed E-state index contributed by atoms with van der Waals surface area (Å²) < 4.78 is 0. The third-order valence-corrected chi connectivity index (χ3v) is 3.46. The zero-order valence-electron chi connectivity index (χ0n) is 12.1. The lowest BCUT2D eigenvalue weighted by molar-refractivity contribution is -0.122. The van der Waals surface area contributed by atoms with Crippen molar-refractivity contribution in [2.45, 2.75) is 26.3 Å². The molecule has 3 N–H and O–H groups in total. The molecule has 2 aromatic rings. The number of nitrogens with one attached hydrogen (secondary N) is 1. The van der Waals surface area contributed by atoms with E-state index in [0.717, 1.165) is 22.4 Å². The number of carbonyl (C=O) groups is 1. The van der Waals surface area contributed by atoms with Crippen molar-refractivity contribution in [3.8, 4) is 0 Å². The highest BCUT2D eigenvalue weighted by Crippen LogP contribution is 2.27. The van der Waals surface area contributed by atoms with E-state index in [1.807, 2.05) is 63.2 Å². The molecule has 0 aliphatic heterocycles. The van der Waals surface area contributed by atoms with E-state index in [-0.39, 0.29) is 0 Å². The second kappa shape index (κ2) is 5.37. The molecule has 1 amide bonds. The molecule has 0 heterocycles. The minimum Gasteiger partial charge on any atom is -0.368 e. The smallest absolute Gasteiger partial charge is 0.247 e. The van der Waals surface area contributed by atoms with Gasteiger partial charge in [-0.15, -0.1) is 0 Å². The molecule has 1 atom stereocenters. The molecular formula is C17H20N2O. The Hall–Kier alpha value is -2.29. The molecule has 0 aliphatic rings. The minimum absolute atomic E-state index is 0.397. The Labute approximate surface area is 119 Å². The number of hydrogen-bond donors (Lipinski definition) is 2. The van der Waals surface area contributed by atoms with Crippen molar-refractivity contribution in [1.82, 2.24) is 0 Å². The summed E-state index contributed by atoms with van der Waals surface area (Å²) in [6.45, 7) is 5.84. The number of aryl methyl sites for hydroxylation is 2. The lowest BCUT2D eigenvalue weighted by atomic mass is 9.88. The van der Waals surface area contributed by atoms with Gasteiger partial charge in [0.15, 0.2) is 0 Å². The molecule has 3 nitrogen and oxygen atoms in total. The summed E-state index contributed by atoms with van der Waals surface area (Å²) in [6, 6.07) is 15.7. The number of primary amides is 1. The molecule has 0 fully saturated rings. The van der Waals surface area contributed by atoms with Crippen LogP contribution in [0.4, 0.5) is 5.69 Å². The molecular weight excluding hydrogens is 248 g/mol. The highest BCUT2D eigenvalue weighted by Gasteiger charge is 2.33. The summed E-state index contributed by atoms with van der Waals surface area (Å²) in [4.78, 5) is 12.0. The molecule has 1 unspecified atom stereocenters. The molecule has 0 radical (unpaired) electrons. The van der Waals surface area contributed by atoms with Gasteiger partial charge in [-0.1, -0.05) is 47.5 Å². The number of carbonyl (C=O) groups excluding carboxylic acids is 1. The van der Waals surface area contributed by atoms with Gasteiger partial charge in [-0.05, 0) is 38.5 Å². The van der Waals surface area contributed by atoms with Crippen molar-refractivity contribution in [3.63, 3.8) is 0 Å². The number of nitrogens with two attached hydrogens (primary N) is 1. The van der Waals surface area contributed by atoms with Crippen molar-refractivity contribution in [2.75, 3.05) is 5.32 Å². The van der Waals surface area contributed by atoms with Crippen molar-refractivity contribution >= 4 is 11.6 Å². The molecule has 0 bridgehead atoms. The van der Waals surface area contributed by atoms with Gasteiger partial charge in [0, 0.05) is 5.69 Å². The number of amides is 1. The third-order valence-electron chi connectivity index (χ3n) is 3.46. The zero-order chi connectivity index (χ0) is 14.8. The first-order valence-corrected chi connectivity index (χ1v) is 6.64. The monoisotopic (exact) mass is 268 g/mol. The van der Waals surface area contributed by atoms with E-state index in [1.54, 1.807) is 0 Å². The van der Waals surface area contributed by atoms with Crippen LogP contribution in [0, 0.1) is 13.8 Å². The van der Waals surface area contributed by atoms with E-state index in [2.05, 4.69) is 11.4 Å². The van der Waals surface area contributed by atoms with Gasteiger partial charge in [-0.25, -0.2) is 0 Å². The van der Waals surface area contributed by atoms with Gasteiger partial charge >= 0.3 is 0 Å². The van der Waals surface area contributed by atoms with Crippen LogP contribution in [-0.2, 0) is 10.3 Å². The van der Waals surface area contributed by atoms with Crippen LogP contribution < -0.4 is 11.1 Å². The Morgan fingerprint density at radius 2 is 1.60 bits per heavy atom. The fraction of sp³-hybridized carbons (Fsp3) is 0.235. The first-order valence-electron chi connectivity index (χ1n) is 6.64. The van der Waals surface area contributed by atoms with Crippen LogP contribution in [0.5, 0.6) is 0 Å². The zero-order valence-corrected chi connectivity index (χ0v) is 12.1. The molecule has 0 saturated heterocycles. The first kappa shape index (κ1) is 14.1.